The van der Waals surface area contributed by atoms with Crippen LogP contribution in [0.3, 0.4) is 0 Å². The molecule has 1 aromatic heterocycles. The highest BCUT2D eigenvalue weighted by molar-refractivity contribution is 5.87. The third-order valence-corrected chi connectivity index (χ3v) is 4.01. The molecule has 0 radical (unpaired) electrons. The monoisotopic (exact) mass is 324 g/mol. The molecule has 126 valence electrons. The number of amides is 1. The number of hydrogen-bond donors (Lipinski definition) is 0. The summed E-state index contributed by atoms with van der Waals surface area (Å²) in [5.41, 5.74) is 2.40. The molecule has 2 aromatic rings. The summed E-state index contributed by atoms with van der Waals surface area (Å²) in [7, 11) is 0. The van der Waals surface area contributed by atoms with Gasteiger partial charge in [0.05, 0.1) is 11.2 Å². The first-order chi connectivity index (χ1) is 11.3. The lowest BCUT2D eigenvalue weighted by atomic mass is 9.97. The Hall–Kier alpha value is -2.36. The van der Waals surface area contributed by atoms with Crippen molar-refractivity contribution in [3.05, 3.63) is 48.2 Å². The lowest BCUT2D eigenvalue weighted by Crippen LogP contribution is -2.39. The number of fused-ring (bicyclic) bond motifs is 1. The SMILES string of the molecule is C[C@H]1CC=C(c2ccc3ncccc3c2)N(C(=O)OC(C)(C)C)C1. The summed E-state index contributed by atoms with van der Waals surface area (Å²) in [5, 5.41) is 1.07. The minimum absolute atomic E-state index is 0.286. The number of benzene rings is 1. The topological polar surface area (TPSA) is 42.4 Å². The summed E-state index contributed by atoms with van der Waals surface area (Å²) < 4.78 is 5.60. The van der Waals surface area contributed by atoms with Crippen molar-refractivity contribution in [1.29, 1.82) is 0 Å². The molecular weight excluding hydrogens is 300 g/mol. The van der Waals surface area contributed by atoms with Gasteiger partial charge in [0.1, 0.15) is 5.60 Å². The van der Waals surface area contributed by atoms with Gasteiger partial charge in [-0.3, -0.25) is 9.88 Å². The molecule has 2 heterocycles. The molecule has 1 aliphatic heterocycles. The van der Waals surface area contributed by atoms with Crippen LogP contribution in [-0.4, -0.2) is 28.1 Å². The van der Waals surface area contributed by atoms with E-state index in [4.69, 9.17) is 4.74 Å². The maximum atomic E-state index is 12.7. The molecule has 24 heavy (non-hydrogen) atoms. The summed E-state index contributed by atoms with van der Waals surface area (Å²) in [6.07, 6.45) is 4.60. The summed E-state index contributed by atoms with van der Waals surface area (Å²) in [5.74, 6) is 0.420. The number of nitrogens with zero attached hydrogens (tertiary/aromatic N) is 2. The zero-order valence-electron chi connectivity index (χ0n) is 14.7. The molecule has 3 rings (SSSR count). The van der Waals surface area contributed by atoms with E-state index < -0.39 is 5.60 Å². The number of carbonyl (C=O) groups is 1. The zero-order chi connectivity index (χ0) is 17.3. The zero-order valence-corrected chi connectivity index (χ0v) is 14.7. The van der Waals surface area contributed by atoms with Crippen molar-refractivity contribution >= 4 is 22.7 Å². The summed E-state index contributed by atoms with van der Waals surface area (Å²) >= 11 is 0. The Bertz CT molecular complexity index is 790. The van der Waals surface area contributed by atoms with E-state index in [2.05, 4.69) is 24.1 Å². The molecule has 0 N–H and O–H groups in total. The molecule has 0 saturated heterocycles. The molecule has 4 nitrogen and oxygen atoms in total. The van der Waals surface area contributed by atoms with Crippen molar-refractivity contribution in [2.75, 3.05) is 6.54 Å². The summed E-state index contributed by atoms with van der Waals surface area (Å²) in [6, 6.07) is 10.1. The van der Waals surface area contributed by atoms with Gasteiger partial charge >= 0.3 is 6.09 Å². The van der Waals surface area contributed by atoms with Crippen LogP contribution in [0.1, 0.15) is 39.7 Å². The maximum absolute atomic E-state index is 12.7. The fraction of sp³-hybridized carbons (Fsp3) is 0.400. The van der Waals surface area contributed by atoms with Crippen LogP contribution in [0.15, 0.2) is 42.6 Å². The average Bonchev–Trinajstić information content (AvgIpc) is 2.53. The van der Waals surface area contributed by atoms with Crippen LogP contribution >= 0.6 is 0 Å². The first-order valence-electron chi connectivity index (χ1n) is 8.39. The minimum atomic E-state index is -0.504. The highest BCUT2D eigenvalue weighted by Gasteiger charge is 2.29. The number of ether oxygens (including phenoxy) is 1. The number of pyridine rings is 1. The van der Waals surface area contributed by atoms with Gasteiger partial charge in [-0.2, -0.15) is 0 Å². The van der Waals surface area contributed by atoms with Gasteiger partial charge in [0.2, 0.25) is 0 Å². The van der Waals surface area contributed by atoms with Gasteiger partial charge in [0, 0.05) is 18.1 Å². The maximum Gasteiger partial charge on any atom is 0.414 e. The fourth-order valence-electron chi connectivity index (χ4n) is 2.91. The lowest BCUT2D eigenvalue weighted by Gasteiger charge is -2.34. The molecule has 0 bridgehead atoms. The molecule has 1 aliphatic rings. The smallest absolute Gasteiger partial charge is 0.414 e. The number of carbonyl (C=O) groups excluding carboxylic acids is 1. The van der Waals surface area contributed by atoms with Crippen LogP contribution in [0.5, 0.6) is 0 Å². The van der Waals surface area contributed by atoms with Crippen LogP contribution in [0, 0.1) is 5.92 Å². The number of aromatic nitrogens is 1. The largest absolute Gasteiger partial charge is 0.443 e. The molecule has 0 fully saturated rings. The molecule has 1 aromatic carbocycles. The highest BCUT2D eigenvalue weighted by atomic mass is 16.6. The van der Waals surface area contributed by atoms with Crippen molar-refractivity contribution in [3.63, 3.8) is 0 Å². The van der Waals surface area contributed by atoms with Gasteiger partial charge in [-0.15, -0.1) is 0 Å². The Morgan fingerprint density at radius 3 is 2.83 bits per heavy atom. The highest BCUT2D eigenvalue weighted by Crippen LogP contribution is 2.30. The lowest BCUT2D eigenvalue weighted by molar-refractivity contribution is 0.0327. The number of hydrogen-bond acceptors (Lipinski definition) is 3. The van der Waals surface area contributed by atoms with Crippen LogP contribution in [0.4, 0.5) is 4.79 Å². The molecule has 1 atom stereocenters. The fourth-order valence-corrected chi connectivity index (χ4v) is 2.91. The predicted octanol–water partition coefficient (Wildman–Crippen LogP) is 4.85. The van der Waals surface area contributed by atoms with E-state index in [1.54, 1.807) is 11.1 Å². The quantitative estimate of drug-likeness (QED) is 0.753. The van der Waals surface area contributed by atoms with Crippen LogP contribution in [0.2, 0.25) is 0 Å². The van der Waals surface area contributed by atoms with E-state index >= 15 is 0 Å². The van der Waals surface area contributed by atoms with E-state index in [-0.39, 0.29) is 6.09 Å². The van der Waals surface area contributed by atoms with Gasteiger partial charge in [0.15, 0.2) is 0 Å². The van der Waals surface area contributed by atoms with Crippen LogP contribution in [-0.2, 0) is 4.74 Å². The van der Waals surface area contributed by atoms with Gasteiger partial charge < -0.3 is 4.74 Å². The van der Waals surface area contributed by atoms with E-state index in [0.29, 0.717) is 12.5 Å². The van der Waals surface area contributed by atoms with Gasteiger partial charge in [-0.25, -0.2) is 4.79 Å². The Labute approximate surface area is 143 Å². The van der Waals surface area contributed by atoms with Gasteiger partial charge in [0.25, 0.3) is 0 Å². The molecule has 0 aliphatic carbocycles. The van der Waals surface area contributed by atoms with Gasteiger partial charge in [-0.05, 0) is 56.9 Å². The van der Waals surface area contributed by atoms with Crippen molar-refractivity contribution in [2.45, 2.75) is 39.7 Å². The van der Waals surface area contributed by atoms with E-state index in [9.17, 15) is 4.79 Å². The molecule has 1 amide bonds. The molecular formula is C20H24N2O2. The van der Waals surface area contributed by atoms with Crippen molar-refractivity contribution < 1.29 is 9.53 Å². The minimum Gasteiger partial charge on any atom is -0.443 e. The van der Waals surface area contributed by atoms with Crippen LogP contribution in [0.25, 0.3) is 16.6 Å². The van der Waals surface area contributed by atoms with Crippen LogP contribution < -0.4 is 0 Å². The Morgan fingerprint density at radius 2 is 2.08 bits per heavy atom. The van der Waals surface area contributed by atoms with E-state index in [1.807, 2.05) is 45.0 Å². The normalized spacial score (nSPS) is 18.4. The standard InChI is InChI=1S/C20H24N2O2/c1-14-7-10-18(22(13-14)19(23)24-20(2,3)4)16-8-9-17-15(12-16)6-5-11-21-17/h5-6,8-12,14H,7,13H2,1-4H3/t14-/m0/s1. The molecule has 4 heteroatoms. The molecule has 0 unspecified atom stereocenters. The first-order valence-corrected chi connectivity index (χ1v) is 8.39. The van der Waals surface area contributed by atoms with E-state index in [1.165, 1.54) is 0 Å². The van der Waals surface area contributed by atoms with Crippen molar-refractivity contribution in [3.8, 4) is 0 Å². The summed E-state index contributed by atoms with van der Waals surface area (Å²) in [4.78, 5) is 18.8. The van der Waals surface area contributed by atoms with Gasteiger partial charge in [-0.1, -0.05) is 25.1 Å². The second kappa shape index (κ2) is 6.27. The second-order valence-electron chi connectivity index (χ2n) is 7.43. The number of allylic oxidation sites excluding steroid dienone is 1. The van der Waals surface area contributed by atoms with Crippen molar-refractivity contribution in [1.82, 2.24) is 9.88 Å². The third kappa shape index (κ3) is 3.58. The Morgan fingerprint density at radius 1 is 1.29 bits per heavy atom. The first kappa shape index (κ1) is 16.5. The third-order valence-electron chi connectivity index (χ3n) is 4.01. The average molecular weight is 324 g/mol. The molecule has 0 saturated carbocycles. The number of rotatable bonds is 1. The Balaban J connectivity index is 1.96. The van der Waals surface area contributed by atoms with Crippen molar-refractivity contribution in [2.24, 2.45) is 5.92 Å². The molecule has 0 spiro atoms. The predicted molar refractivity (Wildman–Crippen MR) is 96.4 cm³/mol. The summed E-state index contributed by atoms with van der Waals surface area (Å²) in [6.45, 7) is 8.50. The second-order valence-corrected chi connectivity index (χ2v) is 7.43. The Kier molecular flexibility index (Phi) is 4.31. The van der Waals surface area contributed by atoms with E-state index in [0.717, 1.165) is 28.6 Å².